The summed E-state index contributed by atoms with van der Waals surface area (Å²) in [6.45, 7) is -5.95. The van der Waals surface area contributed by atoms with Gasteiger partial charge in [-0.15, -0.1) is 5.46 Å². The molecule has 0 aliphatic carbocycles. The molecule has 30 heavy (non-hydrogen) atoms. The van der Waals surface area contributed by atoms with E-state index in [-0.39, 0.29) is 18.2 Å². The van der Waals surface area contributed by atoms with Gasteiger partial charge in [0.05, 0.1) is 35.3 Å². The molecule has 0 unspecified atom stereocenters. The average molecular weight is 459 g/mol. The second-order valence-electron chi connectivity index (χ2n) is 6.31. The maximum absolute atomic E-state index is 12.3. The fraction of sp³-hybridized carbons (Fsp3) is 0.278. The van der Waals surface area contributed by atoms with Crippen molar-refractivity contribution >= 4 is 23.3 Å². The Hall–Kier alpha value is -2.29. The predicted octanol–water partition coefficient (Wildman–Crippen LogP) is 5.71. The van der Waals surface area contributed by atoms with Gasteiger partial charge >= 0.3 is 19.3 Å². The number of benzene rings is 2. The van der Waals surface area contributed by atoms with E-state index in [9.17, 15) is 39.3 Å². The first-order valence-corrected chi connectivity index (χ1v) is 10.3. The molecule has 0 radical (unpaired) electrons. The molecule has 0 aliphatic rings. The van der Waals surface area contributed by atoms with Crippen molar-refractivity contribution in [2.45, 2.75) is 18.1 Å². The Balaban J connectivity index is 0.000000325. The zero-order chi connectivity index (χ0) is 23.3. The lowest BCUT2D eigenvalue weighted by Gasteiger charge is -2.19. The van der Waals surface area contributed by atoms with Crippen molar-refractivity contribution < 1.29 is 39.3 Å². The fourth-order valence-corrected chi connectivity index (χ4v) is 3.11. The normalized spacial score (nSPS) is 12.2. The third-order valence-electron chi connectivity index (χ3n) is 3.57. The minimum Gasteiger partial charge on any atom is -0.445 e. The summed E-state index contributed by atoms with van der Waals surface area (Å²) in [4.78, 5) is 0. The molecule has 0 amide bonds. The van der Waals surface area contributed by atoms with Gasteiger partial charge in [-0.05, 0) is 23.0 Å². The Morgan fingerprint density at radius 3 is 1.70 bits per heavy atom. The van der Waals surface area contributed by atoms with Gasteiger partial charge in [0.25, 0.3) is 0 Å². The van der Waals surface area contributed by atoms with E-state index in [0.29, 0.717) is 10.9 Å². The van der Waals surface area contributed by atoms with Gasteiger partial charge in [-0.25, -0.2) is 0 Å². The molecule has 0 aromatic heterocycles. The number of alkyl halides is 6. The summed E-state index contributed by atoms with van der Waals surface area (Å²) >= 11 is 0. The molecule has 0 saturated heterocycles. The van der Waals surface area contributed by atoms with Crippen molar-refractivity contribution in [3.05, 3.63) is 64.7 Å². The predicted molar refractivity (Wildman–Crippen MR) is 99.2 cm³/mol. The van der Waals surface area contributed by atoms with Crippen LogP contribution in [0.4, 0.5) is 39.3 Å². The van der Waals surface area contributed by atoms with E-state index in [1.165, 1.54) is 5.56 Å². The van der Waals surface area contributed by atoms with E-state index in [0.717, 1.165) is 11.3 Å². The van der Waals surface area contributed by atoms with Gasteiger partial charge in [-0.2, -0.15) is 31.6 Å². The van der Waals surface area contributed by atoms with Gasteiger partial charge in [0.15, 0.2) is 0 Å². The van der Waals surface area contributed by atoms with Gasteiger partial charge in [-0.1, -0.05) is 30.3 Å². The number of hydrogen-bond donors (Lipinski definition) is 0. The topological polar surface area (TPSA) is 23.8 Å². The fourth-order valence-electron chi connectivity index (χ4n) is 2.23. The molecule has 2 rings (SSSR count). The Labute approximate surface area is 169 Å². The van der Waals surface area contributed by atoms with Crippen LogP contribution in [0.3, 0.4) is 0 Å². The number of halogens is 9. The van der Waals surface area contributed by atoms with Crippen LogP contribution < -0.4 is 5.46 Å². The van der Waals surface area contributed by atoms with Gasteiger partial charge in [0.1, 0.15) is 5.75 Å². The third-order valence-corrected chi connectivity index (χ3v) is 4.46. The van der Waals surface area contributed by atoms with Crippen LogP contribution in [0.5, 0.6) is 0 Å². The Bertz CT molecular complexity index is 817. The lowest BCUT2D eigenvalue weighted by Crippen LogP contribution is -2.36. The third kappa shape index (κ3) is 7.86. The van der Waals surface area contributed by atoms with Crippen LogP contribution >= 0.6 is 0 Å². The zero-order valence-electron chi connectivity index (χ0n) is 15.6. The average Bonchev–Trinajstić information content (AvgIpc) is 2.59. The number of hydrogen-bond acceptors (Lipinski definition) is 1. The first-order valence-electron chi connectivity index (χ1n) is 8.07. The highest BCUT2D eigenvalue weighted by Crippen LogP contribution is 2.35. The number of rotatable bonds is 3. The first-order chi connectivity index (χ1) is 13.6. The first kappa shape index (κ1) is 25.8. The lowest BCUT2D eigenvalue weighted by molar-refractivity contribution is -0.142. The van der Waals surface area contributed by atoms with Crippen LogP contribution in [0.1, 0.15) is 22.3 Å². The maximum Gasteiger partial charge on any atom is 0.509 e. The summed E-state index contributed by atoms with van der Waals surface area (Å²) in [5, 5.41) is 8.78. The molecule has 0 atom stereocenters. The minimum atomic E-state index is -5.95. The highest BCUT2D eigenvalue weighted by Gasteiger charge is 2.39. The second-order valence-corrected chi connectivity index (χ2v) is 8.57. The lowest BCUT2D eigenvalue weighted by atomic mass is 9.78. The van der Waals surface area contributed by atoms with E-state index in [1.54, 1.807) is 0 Å². The van der Waals surface area contributed by atoms with Crippen molar-refractivity contribution in [3.8, 4) is 6.07 Å². The van der Waals surface area contributed by atoms with Gasteiger partial charge in [0, 0.05) is 5.56 Å². The number of nitriles is 1. The van der Waals surface area contributed by atoms with Gasteiger partial charge in [0.2, 0.25) is 0 Å². The number of nitrogens with zero attached hydrogens (tertiary/aromatic N) is 1. The minimum absolute atomic E-state index is 0.338. The van der Waals surface area contributed by atoms with Crippen LogP contribution in [-0.2, 0) is 29.0 Å². The monoisotopic (exact) mass is 459 g/mol. The molecule has 0 N–H and O–H groups in total. The Kier molecular flexibility index (Phi) is 8.31. The van der Waals surface area contributed by atoms with E-state index in [1.807, 2.05) is 24.3 Å². The van der Waals surface area contributed by atoms with Crippen LogP contribution in [-0.4, -0.2) is 19.5 Å². The summed E-state index contributed by atoms with van der Waals surface area (Å²) in [5.74, 6) is 1.02. The molecule has 12 heteroatoms. The Morgan fingerprint density at radius 2 is 1.33 bits per heavy atom. The second kappa shape index (κ2) is 9.68. The molecule has 0 aliphatic heterocycles. The summed E-state index contributed by atoms with van der Waals surface area (Å²) in [6, 6.07) is 8.98. The molecular formula is C18H15BF9NS. The molecule has 0 heterocycles. The van der Waals surface area contributed by atoms with Crippen LogP contribution in [0, 0.1) is 11.3 Å². The van der Waals surface area contributed by atoms with Gasteiger partial charge < -0.3 is 12.9 Å². The van der Waals surface area contributed by atoms with Crippen LogP contribution in [0.2, 0.25) is 0 Å². The van der Waals surface area contributed by atoms with E-state index in [2.05, 4.69) is 18.6 Å². The van der Waals surface area contributed by atoms with Gasteiger partial charge in [-0.3, -0.25) is 0 Å². The SMILES string of the molecule is C[S+](C)Cc1ccccc1C#N.F[B-](F)(F)c1cc(C(F)(F)F)cc(C(F)(F)F)c1. The smallest absolute Gasteiger partial charge is 0.445 e. The molecule has 1 nitrogen and oxygen atoms in total. The molecule has 0 spiro atoms. The van der Waals surface area contributed by atoms with Crippen LogP contribution in [0.15, 0.2) is 42.5 Å². The summed E-state index contributed by atoms with van der Waals surface area (Å²) in [6.07, 6.45) is -6.18. The Morgan fingerprint density at radius 1 is 0.867 bits per heavy atom. The van der Waals surface area contributed by atoms with E-state index in [4.69, 9.17) is 5.26 Å². The summed E-state index contributed by atoms with van der Waals surface area (Å²) < 4.78 is 110. The van der Waals surface area contributed by atoms with E-state index >= 15 is 0 Å². The molecule has 2 aromatic carbocycles. The summed E-state index contributed by atoms with van der Waals surface area (Å²) in [7, 11) is 0.370. The molecule has 0 saturated carbocycles. The zero-order valence-corrected chi connectivity index (χ0v) is 16.4. The van der Waals surface area contributed by atoms with Crippen molar-refractivity contribution in [1.29, 1.82) is 5.26 Å². The standard InChI is InChI=1S/C10H12NS.C8H3BF9/c1-12(2)8-10-6-4-3-5-9(10)7-11;10-7(11,12)4-1-5(8(13,14)15)3-6(2-4)9(16,17)18/h3-6H,8H2,1-2H3;1-3H/q+1;-1. The molecule has 0 bridgehead atoms. The molecule has 164 valence electrons. The van der Waals surface area contributed by atoms with Crippen LogP contribution in [0.25, 0.3) is 0 Å². The molecular weight excluding hydrogens is 444 g/mol. The molecule has 2 aromatic rings. The maximum atomic E-state index is 12.3. The van der Waals surface area contributed by atoms with Crippen molar-refractivity contribution in [2.75, 3.05) is 12.5 Å². The molecule has 0 fully saturated rings. The van der Waals surface area contributed by atoms with Crippen molar-refractivity contribution in [1.82, 2.24) is 0 Å². The highest BCUT2D eigenvalue weighted by molar-refractivity contribution is 7.94. The van der Waals surface area contributed by atoms with E-state index < -0.39 is 35.9 Å². The summed E-state index contributed by atoms with van der Waals surface area (Å²) in [5.41, 5.74) is -3.90. The quantitative estimate of drug-likeness (QED) is 0.328. The van der Waals surface area contributed by atoms with Crippen molar-refractivity contribution in [2.24, 2.45) is 0 Å². The van der Waals surface area contributed by atoms with Crippen molar-refractivity contribution in [3.63, 3.8) is 0 Å². The highest BCUT2D eigenvalue weighted by atomic mass is 32.2. The largest absolute Gasteiger partial charge is 0.509 e.